The van der Waals surface area contributed by atoms with E-state index in [2.05, 4.69) is 20.4 Å². The van der Waals surface area contributed by atoms with Gasteiger partial charge in [-0.05, 0) is 32.8 Å². The van der Waals surface area contributed by atoms with Crippen molar-refractivity contribution in [1.29, 1.82) is 0 Å². The van der Waals surface area contributed by atoms with E-state index in [-0.39, 0.29) is 23.3 Å². The lowest BCUT2D eigenvalue weighted by molar-refractivity contribution is -0.385. The molecule has 0 atom stereocenters. The third kappa shape index (κ3) is 3.76. The predicted molar refractivity (Wildman–Crippen MR) is 89.6 cm³/mol. The van der Waals surface area contributed by atoms with E-state index in [4.69, 9.17) is 4.52 Å². The highest BCUT2D eigenvalue weighted by Gasteiger charge is 2.24. The molecule has 0 bridgehead atoms. The van der Waals surface area contributed by atoms with Crippen LogP contribution in [0.5, 0.6) is 0 Å². The van der Waals surface area contributed by atoms with Crippen molar-refractivity contribution in [3.63, 3.8) is 0 Å². The van der Waals surface area contributed by atoms with Crippen LogP contribution in [0.25, 0.3) is 0 Å². The molecule has 0 spiro atoms. The van der Waals surface area contributed by atoms with Crippen molar-refractivity contribution in [2.45, 2.75) is 32.7 Å². The Bertz CT molecular complexity index is 796. The van der Waals surface area contributed by atoms with Crippen LogP contribution in [-0.2, 0) is 0 Å². The van der Waals surface area contributed by atoms with Crippen LogP contribution in [0.15, 0.2) is 22.7 Å². The van der Waals surface area contributed by atoms with Gasteiger partial charge in [-0.2, -0.15) is 0 Å². The lowest BCUT2D eigenvalue weighted by atomic mass is 10.0. The smallest absolute Gasteiger partial charge is 0.290 e. The number of nitro groups is 1. The number of pyridine rings is 1. The number of piperidine rings is 1. The standard InChI is InChI=1S/C16H19N5O4/c1-10-9-13(19-25-10)16(22)18-12-5-7-20(8-6-12)15-4-3-14(21(23)24)11(2)17-15/h3-4,9,12H,5-8H2,1-2H3,(H,18,22). The number of nitrogens with one attached hydrogen (secondary N) is 1. The van der Waals surface area contributed by atoms with Crippen LogP contribution in [-0.4, -0.2) is 40.1 Å². The van der Waals surface area contributed by atoms with Gasteiger partial charge in [0.2, 0.25) is 0 Å². The number of rotatable bonds is 4. The highest BCUT2D eigenvalue weighted by molar-refractivity contribution is 5.92. The normalized spacial score (nSPS) is 15.2. The van der Waals surface area contributed by atoms with E-state index < -0.39 is 4.92 Å². The van der Waals surface area contributed by atoms with Gasteiger partial charge in [-0.3, -0.25) is 14.9 Å². The maximum Gasteiger partial charge on any atom is 0.290 e. The van der Waals surface area contributed by atoms with Gasteiger partial charge in [-0.15, -0.1) is 0 Å². The number of carbonyl (C=O) groups excluding carboxylic acids is 1. The molecular formula is C16H19N5O4. The van der Waals surface area contributed by atoms with Gasteiger partial charge in [0.25, 0.3) is 11.6 Å². The number of nitrogens with zero attached hydrogens (tertiary/aromatic N) is 4. The maximum absolute atomic E-state index is 12.1. The van der Waals surface area contributed by atoms with E-state index in [0.29, 0.717) is 24.5 Å². The van der Waals surface area contributed by atoms with Gasteiger partial charge in [-0.1, -0.05) is 5.16 Å². The van der Waals surface area contributed by atoms with E-state index in [0.717, 1.165) is 18.7 Å². The molecule has 25 heavy (non-hydrogen) atoms. The van der Waals surface area contributed by atoms with Crippen molar-refractivity contribution in [1.82, 2.24) is 15.5 Å². The molecule has 9 nitrogen and oxygen atoms in total. The molecule has 9 heteroatoms. The van der Waals surface area contributed by atoms with Gasteiger partial charge in [0.05, 0.1) is 4.92 Å². The van der Waals surface area contributed by atoms with Gasteiger partial charge in [0.15, 0.2) is 5.69 Å². The predicted octanol–water partition coefficient (Wildman–Crippen LogP) is 1.99. The molecule has 1 fully saturated rings. The highest BCUT2D eigenvalue weighted by Crippen LogP contribution is 2.23. The molecule has 0 saturated carbocycles. The Balaban J connectivity index is 1.57. The summed E-state index contributed by atoms with van der Waals surface area (Å²) in [5, 5.41) is 17.5. The van der Waals surface area contributed by atoms with Crippen molar-refractivity contribution in [3.05, 3.63) is 45.5 Å². The maximum atomic E-state index is 12.1. The van der Waals surface area contributed by atoms with Crippen LogP contribution < -0.4 is 10.2 Å². The molecule has 1 aliphatic heterocycles. The largest absolute Gasteiger partial charge is 0.361 e. The van der Waals surface area contributed by atoms with E-state index in [1.54, 1.807) is 26.0 Å². The summed E-state index contributed by atoms with van der Waals surface area (Å²) in [6.07, 6.45) is 1.53. The van der Waals surface area contributed by atoms with Crippen LogP contribution in [0.4, 0.5) is 11.5 Å². The van der Waals surface area contributed by atoms with E-state index >= 15 is 0 Å². The van der Waals surface area contributed by atoms with E-state index in [9.17, 15) is 14.9 Å². The summed E-state index contributed by atoms with van der Waals surface area (Å²) >= 11 is 0. The minimum Gasteiger partial charge on any atom is -0.361 e. The third-order valence-corrected chi connectivity index (χ3v) is 4.25. The topological polar surface area (TPSA) is 114 Å². The first-order chi connectivity index (χ1) is 11.9. The zero-order chi connectivity index (χ0) is 18.0. The number of hydrogen-bond donors (Lipinski definition) is 1. The second-order valence-electron chi connectivity index (χ2n) is 6.09. The van der Waals surface area contributed by atoms with E-state index in [1.807, 2.05) is 0 Å². The number of aromatic nitrogens is 2. The molecule has 0 radical (unpaired) electrons. The molecule has 0 unspecified atom stereocenters. The van der Waals surface area contributed by atoms with Gasteiger partial charge in [-0.25, -0.2) is 4.98 Å². The minimum absolute atomic E-state index is 0.0220. The first kappa shape index (κ1) is 16.9. The van der Waals surface area contributed by atoms with Crippen LogP contribution in [0.3, 0.4) is 0 Å². The molecule has 3 rings (SSSR count). The Hall–Kier alpha value is -2.97. The van der Waals surface area contributed by atoms with Crippen LogP contribution in [0.2, 0.25) is 0 Å². The molecule has 0 aromatic carbocycles. The van der Waals surface area contributed by atoms with Crippen LogP contribution in [0.1, 0.15) is 34.8 Å². The Morgan fingerprint density at radius 1 is 1.36 bits per heavy atom. The van der Waals surface area contributed by atoms with Crippen molar-refractivity contribution in [3.8, 4) is 0 Å². The first-order valence-corrected chi connectivity index (χ1v) is 8.05. The SMILES string of the molecule is Cc1cc(C(=O)NC2CCN(c3ccc([N+](=O)[O-])c(C)n3)CC2)no1. The zero-order valence-corrected chi connectivity index (χ0v) is 14.1. The zero-order valence-electron chi connectivity index (χ0n) is 14.1. The van der Waals surface area contributed by atoms with Gasteiger partial charge >= 0.3 is 0 Å². The summed E-state index contributed by atoms with van der Waals surface area (Å²) in [7, 11) is 0. The summed E-state index contributed by atoms with van der Waals surface area (Å²) in [5.74, 6) is 1.08. The summed E-state index contributed by atoms with van der Waals surface area (Å²) in [6, 6.07) is 4.81. The second-order valence-corrected chi connectivity index (χ2v) is 6.09. The molecule has 3 heterocycles. The molecule has 2 aromatic heterocycles. The molecule has 2 aromatic rings. The fourth-order valence-corrected chi connectivity index (χ4v) is 2.90. The summed E-state index contributed by atoms with van der Waals surface area (Å²) in [5.41, 5.74) is 0.709. The van der Waals surface area contributed by atoms with E-state index in [1.165, 1.54) is 6.07 Å². The number of hydrogen-bond acceptors (Lipinski definition) is 7. The number of carbonyl (C=O) groups is 1. The highest BCUT2D eigenvalue weighted by atomic mass is 16.6. The third-order valence-electron chi connectivity index (χ3n) is 4.25. The Morgan fingerprint density at radius 2 is 2.08 bits per heavy atom. The Kier molecular flexibility index (Phi) is 4.64. The van der Waals surface area contributed by atoms with Gasteiger partial charge in [0.1, 0.15) is 17.3 Å². The van der Waals surface area contributed by atoms with Crippen LogP contribution in [0, 0.1) is 24.0 Å². The minimum atomic E-state index is -0.431. The fraction of sp³-hybridized carbons (Fsp3) is 0.438. The fourth-order valence-electron chi connectivity index (χ4n) is 2.90. The first-order valence-electron chi connectivity index (χ1n) is 8.05. The number of amides is 1. The Morgan fingerprint density at radius 3 is 2.64 bits per heavy atom. The molecule has 1 N–H and O–H groups in total. The lowest BCUT2D eigenvalue weighted by Crippen LogP contribution is -2.45. The van der Waals surface area contributed by atoms with Crippen LogP contribution >= 0.6 is 0 Å². The Labute approximate surface area is 144 Å². The number of aryl methyl sites for hydroxylation is 2. The average molecular weight is 345 g/mol. The lowest BCUT2D eigenvalue weighted by Gasteiger charge is -2.33. The van der Waals surface area contributed by atoms with Crippen molar-refractivity contribution in [2.24, 2.45) is 0 Å². The van der Waals surface area contributed by atoms with Crippen molar-refractivity contribution < 1.29 is 14.2 Å². The summed E-state index contributed by atoms with van der Waals surface area (Å²) < 4.78 is 4.91. The molecule has 1 aliphatic rings. The average Bonchev–Trinajstić information content (AvgIpc) is 3.02. The summed E-state index contributed by atoms with van der Waals surface area (Å²) in [4.78, 5) is 28.9. The number of anilines is 1. The van der Waals surface area contributed by atoms with Gasteiger partial charge in [0, 0.05) is 31.3 Å². The van der Waals surface area contributed by atoms with Crippen molar-refractivity contribution in [2.75, 3.05) is 18.0 Å². The molecule has 0 aliphatic carbocycles. The van der Waals surface area contributed by atoms with Crippen molar-refractivity contribution >= 4 is 17.4 Å². The quantitative estimate of drug-likeness (QED) is 0.665. The molecule has 1 amide bonds. The summed E-state index contributed by atoms with van der Waals surface area (Å²) in [6.45, 7) is 4.80. The molecular weight excluding hydrogens is 326 g/mol. The van der Waals surface area contributed by atoms with Gasteiger partial charge < -0.3 is 14.7 Å². The monoisotopic (exact) mass is 345 g/mol. The molecule has 1 saturated heterocycles. The second kappa shape index (κ2) is 6.88. The molecule has 132 valence electrons.